The number of hydrogen-bond acceptors (Lipinski definition) is 3. The van der Waals surface area contributed by atoms with Crippen LogP contribution in [0.15, 0.2) is 24.3 Å². The van der Waals surface area contributed by atoms with Crippen LogP contribution >= 0.6 is 0 Å². The van der Waals surface area contributed by atoms with Crippen molar-refractivity contribution in [1.82, 2.24) is 0 Å². The molecule has 0 radical (unpaired) electrons. The van der Waals surface area contributed by atoms with Gasteiger partial charge in [0.25, 0.3) is 0 Å². The van der Waals surface area contributed by atoms with E-state index in [9.17, 15) is 13.6 Å². The van der Waals surface area contributed by atoms with Crippen LogP contribution in [-0.2, 0) is 4.74 Å². The van der Waals surface area contributed by atoms with E-state index in [1.54, 1.807) is 0 Å². The number of nitrogens with two attached hydrogens (primary N) is 1. The van der Waals surface area contributed by atoms with E-state index < -0.39 is 12.6 Å². The smallest absolute Gasteiger partial charge is 0.389 e. The van der Waals surface area contributed by atoms with E-state index in [1.807, 2.05) is 0 Å². The number of ether oxygens (including phenoxy) is 1. The van der Waals surface area contributed by atoms with Gasteiger partial charge < -0.3 is 10.5 Å². The maximum Gasteiger partial charge on any atom is 0.389 e. The second-order valence-electron chi connectivity index (χ2n) is 2.29. The molecule has 0 saturated carbocycles. The molecular weight excluding hydrogens is 180 g/mol. The SMILES string of the molecule is Nc1ccc(C(=O)OC(F)F)cc1. The number of esters is 1. The Morgan fingerprint density at radius 2 is 1.85 bits per heavy atom. The zero-order chi connectivity index (χ0) is 9.84. The summed E-state index contributed by atoms with van der Waals surface area (Å²) in [5.74, 6) is -1.06. The quantitative estimate of drug-likeness (QED) is 0.565. The van der Waals surface area contributed by atoms with Crippen molar-refractivity contribution in [2.75, 3.05) is 5.73 Å². The molecule has 0 fully saturated rings. The van der Waals surface area contributed by atoms with Gasteiger partial charge in [0.2, 0.25) is 0 Å². The Bertz CT molecular complexity index is 298. The average Bonchev–Trinajstić information content (AvgIpc) is 2.04. The Hall–Kier alpha value is -1.65. The van der Waals surface area contributed by atoms with Crippen LogP contribution in [0, 0.1) is 0 Å². The van der Waals surface area contributed by atoms with E-state index in [0.29, 0.717) is 5.69 Å². The van der Waals surface area contributed by atoms with Crippen molar-refractivity contribution in [1.29, 1.82) is 0 Å². The van der Waals surface area contributed by atoms with E-state index in [1.165, 1.54) is 24.3 Å². The normalized spacial score (nSPS) is 10.1. The highest BCUT2D eigenvalue weighted by Gasteiger charge is 2.12. The maximum absolute atomic E-state index is 11.6. The molecule has 0 saturated heterocycles. The van der Waals surface area contributed by atoms with Gasteiger partial charge in [0.05, 0.1) is 5.56 Å². The standard InChI is InChI=1S/C8H7F2NO2/c9-8(10)13-7(12)5-1-3-6(11)4-2-5/h1-4,8H,11H2. The van der Waals surface area contributed by atoms with Gasteiger partial charge in [-0.2, -0.15) is 8.78 Å². The summed E-state index contributed by atoms with van der Waals surface area (Å²) in [6.07, 6.45) is 0. The van der Waals surface area contributed by atoms with Gasteiger partial charge in [-0.25, -0.2) is 4.79 Å². The molecule has 2 N–H and O–H groups in total. The summed E-state index contributed by atoms with van der Waals surface area (Å²) in [5.41, 5.74) is 5.83. The molecule has 3 nitrogen and oxygen atoms in total. The van der Waals surface area contributed by atoms with Gasteiger partial charge in [-0.15, -0.1) is 0 Å². The highest BCUT2D eigenvalue weighted by atomic mass is 19.3. The summed E-state index contributed by atoms with van der Waals surface area (Å²) in [6.45, 7) is -3.09. The van der Waals surface area contributed by atoms with Gasteiger partial charge in [0, 0.05) is 5.69 Å². The Kier molecular flexibility index (Phi) is 2.79. The van der Waals surface area contributed by atoms with E-state index in [-0.39, 0.29) is 5.56 Å². The van der Waals surface area contributed by atoms with Gasteiger partial charge >= 0.3 is 12.6 Å². The zero-order valence-corrected chi connectivity index (χ0v) is 6.54. The van der Waals surface area contributed by atoms with Crippen LogP contribution in [0.25, 0.3) is 0 Å². The van der Waals surface area contributed by atoms with Crippen LogP contribution in [-0.4, -0.2) is 12.6 Å². The monoisotopic (exact) mass is 187 g/mol. The van der Waals surface area contributed by atoms with E-state index in [2.05, 4.69) is 4.74 Å². The Morgan fingerprint density at radius 3 is 2.31 bits per heavy atom. The first-order valence-corrected chi connectivity index (χ1v) is 3.44. The lowest BCUT2D eigenvalue weighted by Crippen LogP contribution is -2.09. The van der Waals surface area contributed by atoms with E-state index >= 15 is 0 Å². The number of alkyl halides is 2. The number of nitrogen functional groups attached to an aromatic ring is 1. The van der Waals surface area contributed by atoms with Crippen LogP contribution < -0.4 is 5.73 Å². The number of rotatable bonds is 2. The minimum Gasteiger partial charge on any atom is -0.399 e. The second-order valence-corrected chi connectivity index (χ2v) is 2.29. The molecule has 1 aromatic carbocycles. The third-order valence-electron chi connectivity index (χ3n) is 1.34. The van der Waals surface area contributed by atoms with Crippen molar-refractivity contribution in [2.24, 2.45) is 0 Å². The summed E-state index contributed by atoms with van der Waals surface area (Å²) >= 11 is 0. The Balaban J connectivity index is 2.72. The van der Waals surface area contributed by atoms with Gasteiger partial charge in [-0.05, 0) is 24.3 Å². The van der Waals surface area contributed by atoms with Gasteiger partial charge in [-0.1, -0.05) is 0 Å². The van der Waals surface area contributed by atoms with Crippen molar-refractivity contribution >= 4 is 11.7 Å². The van der Waals surface area contributed by atoms with Crippen LogP contribution in [0.4, 0.5) is 14.5 Å². The van der Waals surface area contributed by atoms with Crippen molar-refractivity contribution in [2.45, 2.75) is 6.61 Å². The van der Waals surface area contributed by atoms with Crippen LogP contribution in [0.1, 0.15) is 10.4 Å². The number of halogens is 2. The fourth-order valence-corrected chi connectivity index (χ4v) is 0.768. The molecule has 0 heterocycles. The summed E-state index contributed by atoms with van der Waals surface area (Å²) in [5, 5.41) is 0. The summed E-state index contributed by atoms with van der Waals surface area (Å²) in [6, 6.07) is 5.50. The van der Waals surface area contributed by atoms with Gasteiger partial charge in [0.15, 0.2) is 0 Å². The van der Waals surface area contributed by atoms with Crippen molar-refractivity contribution in [3.63, 3.8) is 0 Å². The minimum atomic E-state index is -3.09. The van der Waals surface area contributed by atoms with Crippen LogP contribution in [0.3, 0.4) is 0 Å². The Labute approximate surface area is 73.1 Å². The van der Waals surface area contributed by atoms with E-state index in [0.717, 1.165) is 0 Å². The van der Waals surface area contributed by atoms with Crippen molar-refractivity contribution in [3.8, 4) is 0 Å². The third kappa shape index (κ3) is 2.70. The molecule has 0 aliphatic carbocycles. The van der Waals surface area contributed by atoms with E-state index in [4.69, 9.17) is 5.73 Å². The second kappa shape index (κ2) is 3.84. The average molecular weight is 187 g/mol. The fourth-order valence-electron chi connectivity index (χ4n) is 0.768. The first-order valence-electron chi connectivity index (χ1n) is 3.44. The lowest BCUT2D eigenvalue weighted by molar-refractivity contribution is -0.0906. The Morgan fingerprint density at radius 1 is 1.31 bits per heavy atom. The first kappa shape index (κ1) is 9.44. The number of hydrogen-bond donors (Lipinski definition) is 1. The number of benzene rings is 1. The molecule has 1 rings (SSSR count). The van der Waals surface area contributed by atoms with Crippen molar-refractivity contribution < 1.29 is 18.3 Å². The number of carbonyl (C=O) groups is 1. The molecule has 0 amide bonds. The topological polar surface area (TPSA) is 52.3 Å². The molecule has 0 aliphatic rings. The molecule has 0 spiro atoms. The summed E-state index contributed by atoms with van der Waals surface area (Å²) in [4.78, 5) is 10.8. The summed E-state index contributed by atoms with van der Waals surface area (Å²) in [7, 11) is 0. The molecule has 0 bridgehead atoms. The summed E-state index contributed by atoms with van der Waals surface area (Å²) < 4.78 is 26.8. The zero-order valence-electron chi connectivity index (χ0n) is 6.54. The van der Waals surface area contributed by atoms with Crippen LogP contribution in [0.2, 0.25) is 0 Å². The first-order chi connectivity index (χ1) is 6.09. The molecule has 0 atom stereocenters. The molecule has 13 heavy (non-hydrogen) atoms. The number of carbonyl (C=O) groups excluding carboxylic acids is 1. The van der Waals surface area contributed by atoms with Gasteiger partial charge in [-0.3, -0.25) is 0 Å². The highest BCUT2D eigenvalue weighted by molar-refractivity contribution is 5.89. The highest BCUT2D eigenvalue weighted by Crippen LogP contribution is 2.08. The lowest BCUT2D eigenvalue weighted by atomic mass is 10.2. The largest absolute Gasteiger partial charge is 0.399 e. The predicted octanol–water partition coefficient (Wildman–Crippen LogP) is 1.65. The minimum absolute atomic E-state index is 0.0505. The molecule has 1 aromatic rings. The molecule has 70 valence electrons. The molecular formula is C8H7F2NO2. The van der Waals surface area contributed by atoms with Gasteiger partial charge in [0.1, 0.15) is 0 Å². The maximum atomic E-state index is 11.6. The molecule has 0 aromatic heterocycles. The van der Waals surface area contributed by atoms with Crippen molar-refractivity contribution in [3.05, 3.63) is 29.8 Å². The number of anilines is 1. The van der Waals surface area contributed by atoms with Crippen LogP contribution in [0.5, 0.6) is 0 Å². The predicted molar refractivity (Wildman–Crippen MR) is 42.3 cm³/mol. The molecule has 5 heteroatoms. The third-order valence-corrected chi connectivity index (χ3v) is 1.34. The molecule has 0 aliphatic heterocycles. The fraction of sp³-hybridized carbons (Fsp3) is 0.125. The lowest BCUT2D eigenvalue weighted by Gasteiger charge is -2.02. The molecule has 0 unspecified atom stereocenters.